The van der Waals surface area contributed by atoms with E-state index in [9.17, 15) is 9.59 Å². The second kappa shape index (κ2) is 8.51. The van der Waals surface area contributed by atoms with Gasteiger partial charge >= 0.3 is 6.03 Å². The standard InChI is InChI=1S/C19H27N5O2/c1-12(2)11-24-14(4)17(13(3)23-24)10-18(25)21-15-7-6-8-16(9-15)22-19(26)20-5/h6-9,12H,10-11H2,1-5H3,(H,21,25)(H2,20,22,26). The molecule has 0 radical (unpaired) electrons. The van der Waals surface area contributed by atoms with Crippen LogP contribution < -0.4 is 16.0 Å². The van der Waals surface area contributed by atoms with Gasteiger partial charge in [0.05, 0.1) is 12.1 Å². The zero-order valence-electron chi connectivity index (χ0n) is 16.0. The Balaban J connectivity index is 2.06. The van der Waals surface area contributed by atoms with Gasteiger partial charge in [-0.3, -0.25) is 9.48 Å². The van der Waals surface area contributed by atoms with E-state index in [0.29, 0.717) is 17.3 Å². The van der Waals surface area contributed by atoms with Crippen LogP contribution in [-0.2, 0) is 17.8 Å². The fraction of sp³-hybridized carbons (Fsp3) is 0.421. The van der Waals surface area contributed by atoms with Gasteiger partial charge in [0.1, 0.15) is 0 Å². The Bertz CT molecular complexity index is 795. The van der Waals surface area contributed by atoms with Crippen molar-refractivity contribution in [2.24, 2.45) is 5.92 Å². The number of hydrogen-bond donors (Lipinski definition) is 3. The minimum absolute atomic E-state index is 0.114. The molecule has 3 N–H and O–H groups in total. The smallest absolute Gasteiger partial charge is 0.318 e. The summed E-state index contributed by atoms with van der Waals surface area (Å²) in [5.74, 6) is 0.377. The molecule has 1 heterocycles. The summed E-state index contributed by atoms with van der Waals surface area (Å²) >= 11 is 0. The van der Waals surface area contributed by atoms with Gasteiger partial charge < -0.3 is 16.0 Å². The second-order valence-corrected chi connectivity index (χ2v) is 6.74. The predicted molar refractivity (Wildman–Crippen MR) is 103 cm³/mol. The third kappa shape index (κ3) is 5.08. The number of carbonyl (C=O) groups is 2. The van der Waals surface area contributed by atoms with Crippen molar-refractivity contribution in [1.29, 1.82) is 0 Å². The van der Waals surface area contributed by atoms with E-state index in [1.54, 1.807) is 31.3 Å². The van der Waals surface area contributed by atoms with Crippen molar-refractivity contribution in [2.45, 2.75) is 40.7 Å². The van der Waals surface area contributed by atoms with Crippen LogP contribution in [0.2, 0.25) is 0 Å². The summed E-state index contributed by atoms with van der Waals surface area (Å²) in [5.41, 5.74) is 4.12. The number of hydrogen-bond acceptors (Lipinski definition) is 3. The third-order valence-electron chi connectivity index (χ3n) is 4.04. The average Bonchev–Trinajstić information content (AvgIpc) is 2.82. The Morgan fingerprint density at radius 2 is 1.81 bits per heavy atom. The van der Waals surface area contributed by atoms with Crippen molar-refractivity contribution in [3.8, 4) is 0 Å². The molecule has 0 aliphatic rings. The number of carbonyl (C=O) groups excluding carboxylic acids is 2. The first kappa shape index (κ1) is 19.5. The van der Waals surface area contributed by atoms with Crippen molar-refractivity contribution >= 4 is 23.3 Å². The van der Waals surface area contributed by atoms with Gasteiger partial charge in [0.25, 0.3) is 0 Å². The average molecular weight is 357 g/mol. The van der Waals surface area contributed by atoms with E-state index in [-0.39, 0.29) is 18.4 Å². The van der Waals surface area contributed by atoms with Crippen LogP contribution >= 0.6 is 0 Å². The number of anilines is 2. The van der Waals surface area contributed by atoms with Crippen LogP contribution in [0.1, 0.15) is 30.8 Å². The molecule has 0 bridgehead atoms. The first-order valence-electron chi connectivity index (χ1n) is 8.71. The Morgan fingerprint density at radius 3 is 2.42 bits per heavy atom. The first-order chi connectivity index (χ1) is 12.3. The molecule has 3 amide bonds. The molecule has 0 aliphatic heterocycles. The van der Waals surface area contributed by atoms with Crippen LogP contribution in [0, 0.1) is 19.8 Å². The third-order valence-corrected chi connectivity index (χ3v) is 4.04. The van der Waals surface area contributed by atoms with Gasteiger partial charge in [0, 0.05) is 36.2 Å². The zero-order chi connectivity index (χ0) is 19.3. The molecule has 7 nitrogen and oxygen atoms in total. The van der Waals surface area contributed by atoms with E-state index in [1.807, 2.05) is 18.5 Å². The van der Waals surface area contributed by atoms with Crippen molar-refractivity contribution in [3.63, 3.8) is 0 Å². The summed E-state index contributed by atoms with van der Waals surface area (Å²) < 4.78 is 1.97. The summed E-state index contributed by atoms with van der Waals surface area (Å²) in [4.78, 5) is 23.9. The Kier molecular flexibility index (Phi) is 6.38. The second-order valence-electron chi connectivity index (χ2n) is 6.74. The number of benzene rings is 1. The monoisotopic (exact) mass is 357 g/mol. The Hall–Kier alpha value is -2.83. The van der Waals surface area contributed by atoms with Gasteiger partial charge in [0.2, 0.25) is 5.91 Å². The normalized spacial score (nSPS) is 10.7. The zero-order valence-corrected chi connectivity index (χ0v) is 16.0. The minimum Gasteiger partial charge on any atom is -0.341 e. The van der Waals surface area contributed by atoms with E-state index in [1.165, 1.54) is 0 Å². The number of aromatic nitrogens is 2. The summed E-state index contributed by atoms with van der Waals surface area (Å²) in [5, 5.41) is 12.6. The van der Waals surface area contributed by atoms with Gasteiger partial charge in [-0.05, 0) is 38.0 Å². The molecule has 0 unspecified atom stereocenters. The lowest BCUT2D eigenvalue weighted by Crippen LogP contribution is -2.24. The number of amides is 3. The van der Waals surface area contributed by atoms with Gasteiger partial charge in [-0.25, -0.2) is 4.79 Å². The number of nitrogens with zero attached hydrogens (tertiary/aromatic N) is 2. The van der Waals surface area contributed by atoms with Gasteiger partial charge in [-0.15, -0.1) is 0 Å². The van der Waals surface area contributed by atoms with E-state index >= 15 is 0 Å². The fourth-order valence-corrected chi connectivity index (χ4v) is 2.75. The first-order valence-corrected chi connectivity index (χ1v) is 8.71. The number of urea groups is 1. The summed E-state index contributed by atoms with van der Waals surface area (Å²) in [6.07, 6.45) is 0.267. The highest BCUT2D eigenvalue weighted by atomic mass is 16.2. The molecule has 2 rings (SSSR count). The molecule has 2 aromatic rings. The molecule has 1 aromatic heterocycles. The molecule has 0 saturated heterocycles. The summed E-state index contributed by atoms with van der Waals surface area (Å²) in [6, 6.07) is 6.73. The van der Waals surface area contributed by atoms with Crippen LogP contribution in [0.5, 0.6) is 0 Å². The number of aryl methyl sites for hydroxylation is 1. The molecular formula is C19H27N5O2. The van der Waals surface area contributed by atoms with E-state index in [2.05, 4.69) is 34.9 Å². The lowest BCUT2D eigenvalue weighted by molar-refractivity contribution is -0.115. The van der Waals surface area contributed by atoms with Crippen molar-refractivity contribution in [3.05, 3.63) is 41.2 Å². The van der Waals surface area contributed by atoms with Crippen molar-refractivity contribution < 1.29 is 9.59 Å². The van der Waals surface area contributed by atoms with E-state index in [0.717, 1.165) is 23.5 Å². The quantitative estimate of drug-likeness (QED) is 0.742. The molecule has 0 atom stereocenters. The van der Waals surface area contributed by atoms with Crippen LogP contribution in [0.3, 0.4) is 0 Å². The molecular weight excluding hydrogens is 330 g/mol. The largest absolute Gasteiger partial charge is 0.341 e. The van der Waals surface area contributed by atoms with Gasteiger partial charge in [-0.2, -0.15) is 5.10 Å². The number of nitrogens with one attached hydrogen (secondary N) is 3. The SMILES string of the molecule is CNC(=O)Nc1cccc(NC(=O)Cc2c(C)nn(CC(C)C)c2C)c1. The molecule has 0 saturated carbocycles. The van der Waals surface area contributed by atoms with Crippen LogP contribution in [-0.4, -0.2) is 28.8 Å². The molecule has 140 valence electrons. The maximum atomic E-state index is 12.5. The molecule has 7 heteroatoms. The summed E-state index contributed by atoms with van der Waals surface area (Å²) in [7, 11) is 1.55. The molecule has 1 aromatic carbocycles. The molecule has 0 aliphatic carbocycles. The highest BCUT2D eigenvalue weighted by molar-refractivity contribution is 5.94. The lowest BCUT2D eigenvalue weighted by atomic mass is 10.1. The van der Waals surface area contributed by atoms with Gasteiger partial charge in [-0.1, -0.05) is 19.9 Å². The maximum Gasteiger partial charge on any atom is 0.318 e. The number of rotatable bonds is 6. The van der Waals surface area contributed by atoms with E-state index in [4.69, 9.17) is 0 Å². The topological polar surface area (TPSA) is 88.1 Å². The summed E-state index contributed by atoms with van der Waals surface area (Å²) in [6.45, 7) is 9.05. The highest BCUT2D eigenvalue weighted by Crippen LogP contribution is 2.18. The Morgan fingerprint density at radius 1 is 1.15 bits per heavy atom. The van der Waals surface area contributed by atoms with Crippen LogP contribution in [0.25, 0.3) is 0 Å². The predicted octanol–water partition coefficient (Wildman–Crippen LogP) is 3.09. The lowest BCUT2D eigenvalue weighted by Gasteiger charge is -2.10. The van der Waals surface area contributed by atoms with Crippen molar-refractivity contribution in [2.75, 3.05) is 17.7 Å². The van der Waals surface area contributed by atoms with Crippen LogP contribution in [0.4, 0.5) is 16.2 Å². The van der Waals surface area contributed by atoms with Crippen LogP contribution in [0.15, 0.2) is 24.3 Å². The molecule has 26 heavy (non-hydrogen) atoms. The van der Waals surface area contributed by atoms with E-state index < -0.39 is 0 Å². The molecule has 0 spiro atoms. The maximum absolute atomic E-state index is 12.5. The minimum atomic E-state index is -0.308. The molecule has 0 fully saturated rings. The fourth-order valence-electron chi connectivity index (χ4n) is 2.75. The Labute approximate surface area is 154 Å². The van der Waals surface area contributed by atoms with Gasteiger partial charge in [0.15, 0.2) is 0 Å². The highest BCUT2D eigenvalue weighted by Gasteiger charge is 2.16. The van der Waals surface area contributed by atoms with Crippen molar-refractivity contribution in [1.82, 2.24) is 15.1 Å².